The van der Waals surface area contributed by atoms with Crippen molar-refractivity contribution in [2.24, 2.45) is 0 Å². The minimum absolute atomic E-state index is 0.0000688. The molecule has 522 valence electrons. The number of benzene rings is 16. The summed E-state index contributed by atoms with van der Waals surface area (Å²) in [6, 6.07) is 63.3. The van der Waals surface area contributed by atoms with Crippen LogP contribution in [0.2, 0.25) is 0 Å². The van der Waals surface area contributed by atoms with Crippen molar-refractivity contribution in [3.63, 3.8) is 0 Å². The van der Waals surface area contributed by atoms with Crippen LogP contribution in [0.4, 0.5) is 0 Å². The second kappa shape index (κ2) is 25.3. The van der Waals surface area contributed by atoms with E-state index >= 15 is 0 Å². The molecule has 11 nitrogen and oxygen atoms in total. The van der Waals surface area contributed by atoms with Crippen LogP contribution in [-0.4, -0.2) is 48.2 Å². The van der Waals surface area contributed by atoms with Crippen LogP contribution in [0, 0.1) is 0 Å². The third-order valence-corrected chi connectivity index (χ3v) is 21.7. The Morgan fingerprint density at radius 3 is 1.41 bits per heavy atom. The first-order chi connectivity index (χ1) is 64.7. The van der Waals surface area contributed by atoms with E-state index in [1.165, 1.54) is 9.13 Å². The van der Waals surface area contributed by atoms with Gasteiger partial charge < -0.3 is 18.1 Å². The number of aromatic nitrogens is 10. The zero-order valence-corrected chi connectivity index (χ0v) is 59.0. The van der Waals surface area contributed by atoms with Crippen molar-refractivity contribution in [3.8, 4) is 79.9 Å². The minimum atomic E-state index is -0.540. The van der Waals surface area contributed by atoms with Gasteiger partial charge in [0, 0.05) is 125 Å². The molecule has 0 spiro atoms. The first-order valence-corrected chi connectivity index (χ1v) is 36.6. The molecule has 8 heterocycles. The molecule has 0 aliphatic heterocycles. The molecule has 0 saturated carbocycles. The van der Waals surface area contributed by atoms with Gasteiger partial charge in [-0.1, -0.05) is 261 Å². The molecule has 24 aromatic rings. The Labute approximate surface area is 674 Å². The van der Waals surface area contributed by atoms with Gasteiger partial charge in [-0.25, -0.2) is 19.9 Å². The second-order valence-corrected chi connectivity index (χ2v) is 27.8. The maximum absolute atomic E-state index is 9.64. The molecular weight excluding hydrogens is 1390 g/mol. The summed E-state index contributed by atoms with van der Waals surface area (Å²) in [6.07, 6.45) is 0. The molecule has 12 heteroatoms. The molecule has 0 amide bonds. The molecule has 0 atom stereocenters. The first-order valence-electron chi connectivity index (χ1n) is 46.8. The van der Waals surface area contributed by atoms with E-state index in [9.17, 15) is 9.60 Å². The Morgan fingerprint density at radius 2 is 0.768 bits per heavy atom. The number of fused-ring (bicyclic) bond motifs is 21. The molecule has 0 bridgehead atoms. The van der Waals surface area contributed by atoms with E-state index in [0.717, 1.165) is 69.2 Å². The quantitative estimate of drug-likeness (QED) is 0.142. The third-order valence-electron chi connectivity index (χ3n) is 20.6. The third kappa shape index (κ3) is 9.92. The van der Waals surface area contributed by atoms with Crippen LogP contribution < -0.4 is 0 Å². The van der Waals surface area contributed by atoms with E-state index < -0.39 is 90.6 Å². The molecule has 8 aromatic heterocycles. The summed E-state index contributed by atoms with van der Waals surface area (Å²) in [5.74, 6) is 0.894. The van der Waals surface area contributed by atoms with Crippen molar-refractivity contribution in [2.45, 2.75) is 0 Å². The van der Waals surface area contributed by atoms with Crippen LogP contribution in [0.15, 0.2) is 368 Å². The van der Waals surface area contributed by atoms with E-state index in [-0.39, 0.29) is 154 Å². The number of thiophene rings is 1. The minimum Gasteiger partial charge on any atom is -0.456 e. The highest BCUT2D eigenvalue weighted by atomic mass is 32.1. The van der Waals surface area contributed by atoms with Crippen LogP contribution in [0.3, 0.4) is 0 Å². The Balaban J connectivity index is 0.000000155. The number of rotatable bonds is 9. The van der Waals surface area contributed by atoms with Crippen LogP contribution in [0.5, 0.6) is 0 Å². The summed E-state index contributed by atoms with van der Waals surface area (Å²) in [5.41, 5.74) is 6.88. The van der Waals surface area contributed by atoms with Crippen molar-refractivity contribution in [2.75, 3.05) is 0 Å². The average molecular weight is 1470 g/mol. The predicted octanol–water partition coefficient (Wildman–Crippen LogP) is 25.9. The van der Waals surface area contributed by atoms with Gasteiger partial charge in [-0.2, -0.15) is 9.97 Å². The smallest absolute Gasteiger partial charge is 0.238 e. The SMILES string of the molecule is [2H]c1c(-n2c3ccccc3c3ccccc32)c([2H])c2oc3c([2H])c([2H])c4c(c5c([2H])c([2H])c([2H])c([2H])c5n4-c4nc(-c5ccccc5)nc(-c5ccccc5)n4)c3c2c1[2H].[2H]c1c([2H])c([2H])c(-c2nc(-c3ccccc3)nc(-c3ccc(-n4c5ccccc5c5c6c(ccc54)sc4cc(-n5c7c([2H])c([2H])c([2H])c([2H])c7c7c([2H])c([2H])c([2H])c([2H])c75)ccc46)c4ccccc34)n2)c([2H])c1[2H]. The van der Waals surface area contributed by atoms with Crippen molar-refractivity contribution >= 4 is 151 Å². The highest BCUT2D eigenvalue weighted by Crippen LogP contribution is 2.48. The molecular formula is C100H60N10OS. The molecule has 24 rings (SSSR count). The standard InChI is InChI=1S/C55H33N5S.C45H27N5O/c1-3-15-34(16-4-1)53-56-54(35-17-5-2-6-18-35)58-55(57-53)41-29-30-47(38-20-8-7-19-37(38)41)60-46-26-14-11-23-42(46)51-48(60)31-32-49-52(51)43-28-27-36(33-50(43)61-49)59-44-24-12-9-21-39(44)40-22-10-13-25-45(40)59;1-3-13-28(14-4-1)43-46-44(29-15-5-2-6-16-29)48-45(47-43)50-37-22-12-9-19-33(37)41-38(50)25-26-39-42(41)34-24-23-30(27-40(34)51-39)49-35-20-10-7-17-31(35)32-18-8-11-21-36(32)49/h1-33H;1-27H/i1D,3D,4D,9D,10D,12D,13D,15D,16D,21D,22D,24D,25D;9D,12D,19D,22D,23D,24D,25D,26D,27D. The first kappa shape index (κ1) is 45.0. The van der Waals surface area contributed by atoms with Crippen LogP contribution in [-0.2, 0) is 0 Å². The second-order valence-electron chi connectivity index (χ2n) is 26.8. The van der Waals surface area contributed by atoms with Gasteiger partial charge >= 0.3 is 0 Å². The number of nitrogens with zero attached hydrogens (tertiary/aromatic N) is 10. The fourth-order valence-corrected chi connectivity index (χ4v) is 17.0. The molecule has 0 aliphatic rings. The molecule has 0 N–H and O–H groups in total. The Hall–Kier alpha value is -15.0. The van der Waals surface area contributed by atoms with E-state index in [2.05, 4.69) is 28.8 Å². The average Bonchev–Trinajstić information content (AvgIpc) is 1.52. The number of furan rings is 1. The zero-order valence-electron chi connectivity index (χ0n) is 80.2. The topological polar surface area (TPSA) is 110 Å². The lowest BCUT2D eigenvalue weighted by atomic mass is 10.0. The van der Waals surface area contributed by atoms with Crippen molar-refractivity contribution in [1.29, 1.82) is 0 Å². The number of hydrogen-bond acceptors (Lipinski definition) is 8. The molecule has 0 aliphatic carbocycles. The lowest BCUT2D eigenvalue weighted by Crippen LogP contribution is -2.06. The van der Waals surface area contributed by atoms with E-state index in [4.69, 9.17) is 54.9 Å². The van der Waals surface area contributed by atoms with E-state index in [0.29, 0.717) is 39.0 Å². The molecule has 112 heavy (non-hydrogen) atoms. The molecule has 0 unspecified atom stereocenters. The largest absolute Gasteiger partial charge is 0.456 e. The Bertz CT molecular complexity index is 9170. The lowest BCUT2D eigenvalue weighted by molar-refractivity contribution is 0.669. The summed E-state index contributed by atoms with van der Waals surface area (Å²) in [5, 5.41) is 7.51. The van der Waals surface area contributed by atoms with Gasteiger partial charge in [0.1, 0.15) is 11.2 Å². The summed E-state index contributed by atoms with van der Waals surface area (Å²) >= 11 is 1.55. The van der Waals surface area contributed by atoms with E-state index in [1.807, 2.05) is 206 Å². The number of para-hydroxylation sites is 6. The summed E-state index contributed by atoms with van der Waals surface area (Å²) in [4.78, 5) is 29.0. The molecule has 0 fully saturated rings. The molecule has 0 saturated heterocycles. The summed E-state index contributed by atoms with van der Waals surface area (Å²) in [6.45, 7) is 0. The predicted molar refractivity (Wildman–Crippen MR) is 462 cm³/mol. The van der Waals surface area contributed by atoms with E-state index in [1.54, 1.807) is 15.9 Å². The van der Waals surface area contributed by atoms with Gasteiger partial charge in [-0.3, -0.25) is 4.57 Å². The van der Waals surface area contributed by atoms with Gasteiger partial charge in [-0.15, -0.1) is 11.3 Å². The highest BCUT2D eigenvalue weighted by molar-refractivity contribution is 7.26. The fraction of sp³-hybridized carbons (Fsp3) is 0. The maximum Gasteiger partial charge on any atom is 0.238 e. The van der Waals surface area contributed by atoms with Crippen molar-refractivity contribution in [3.05, 3.63) is 363 Å². The zero-order chi connectivity index (χ0) is 92.6. The molecule has 0 radical (unpaired) electrons. The maximum atomic E-state index is 9.64. The van der Waals surface area contributed by atoms with Gasteiger partial charge in [0.15, 0.2) is 29.1 Å². The van der Waals surface area contributed by atoms with Gasteiger partial charge in [0.05, 0.1) is 80.0 Å². The van der Waals surface area contributed by atoms with Crippen LogP contribution in [0.1, 0.15) is 30.2 Å². The van der Waals surface area contributed by atoms with Gasteiger partial charge in [0.2, 0.25) is 5.95 Å². The van der Waals surface area contributed by atoms with Crippen LogP contribution >= 0.6 is 11.3 Å². The Morgan fingerprint density at radius 1 is 0.259 bits per heavy atom. The van der Waals surface area contributed by atoms with Gasteiger partial charge in [-0.05, 0) is 102 Å². The highest BCUT2D eigenvalue weighted by Gasteiger charge is 2.26. The van der Waals surface area contributed by atoms with Gasteiger partial charge in [0.25, 0.3) is 0 Å². The lowest BCUT2D eigenvalue weighted by Gasteiger charge is -2.15. The number of hydrogen-bond donors (Lipinski definition) is 0. The normalized spacial score (nSPS) is 14.7. The summed E-state index contributed by atoms with van der Waals surface area (Å²) < 4.78 is 212. The van der Waals surface area contributed by atoms with Crippen LogP contribution in [0.25, 0.3) is 220 Å². The molecule has 16 aromatic carbocycles. The summed E-state index contributed by atoms with van der Waals surface area (Å²) in [7, 11) is 0. The van der Waals surface area contributed by atoms with Crippen molar-refractivity contribution in [1.82, 2.24) is 48.2 Å². The monoisotopic (exact) mass is 1470 g/mol. The Kier molecular flexibility index (Phi) is 10.2. The fourth-order valence-electron chi connectivity index (χ4n) is 15.8. The van der Waals surface area contributed by atoms with Crippen molar-refractivity contribution < 1.29 is 34.6 Å².